The first-order chi connectivity index (χ1) is 16.7. The quantitative estimate of drug-likeness (QED) is 0.299. The molecule has 0 aliphatic carbocycles. The minimum absolute atomic E-state index is 0.278. The normalized spacial score (nSPS) is 10.7. The highest BCUT2D eigenvalue weighted by Gasteiger charge is 2.11. The van der Waals surface area contributed by atoms with E-state index in [9.17, 15) is 4.79 Å². The van der Waals surface area contributed by atoms with Crippen molar-refractivity contribution in [3.63, 3.8) is 0 Å². The van der Waals surface area contributed by atoms with Gasteiger partial charge in [0.05, 0.1) is 5.39 Å². The molecule has 2 amide bonds. The maximum Gasteiger partial charge on any atom is 0.323 e. The number of hydrogen-bond acceptors (Lipinski definition) is 6. The van der Waals surface area contributed by atoms with Crippen LogP contribution in [0.3, 0.4) is 0 Å². The summed E-state index contributed by atoms with van der Waals surface area (Å²) >= 11 is 0. The zero-order chi connectivity index (χ0) is 23.2. The topological polar surface area (TPSA) is 105 Å². The molecule has 8 nitrogen and oxygen atoms in total. The first-order valence-corrected chi connectivity index (χ1v) is 10.9. The number of rotatable bonds is 7. The molecule has 0 saturated heterocycles. The molecule has 34 heavy (non-hydrogen) atoms. The number of para-hydroxylation sites is 1. The zero-order valence-electron chi connectivity index (χ0n) is 18.2. The van der Waals surface area contributed by atoms with E-state index in [1.54, 1.807) is 12.4 Å². The van der Waals surface area contributed by atoms with Crippen LogP contribution in [0.25, 0.3) is 22.4 Å². The van der Waals surface area contributed by atoms with Gasteiger partial charge >= 0.3 is 6.03 Å². The second-order valence-electron chi connectivity index (χ2n) is 7.61. The number of fused-ring (bicyclic) bond motifs is 1. The molecule has 0 fully saturated rings. The van der Waals surface area contributed by atoms with Gasteiger partial charge in [-0.1, -0.05) is 30.3 Å². The Bertz CT molecular complexity index is 1390. The minimum Gasteiger partial charge on any atom is -0.438 e. The number of carbonyl (C=O) groups excluding carboxylic acids is 1. The molecule has 168 valence electrons. The van der Waals surface area contributed by atoms with E-state index >= 15 is 0 Å². The smallest absolute Gasteiger partial charge is 0.323 e. The van der Waals surface area contributed by atoms with Crippen LogP contribution in [0.15, 0.2) is 95.9 Å². The highest BCUT2D eigenvalue weighted by molar-refractivity contribution is 5.99. The molecular weight excluding hydrogens is 428 g/mol. The maximum absolute atomic E-state index is 12.1. The first kappa shape index (κ1) is 21.1. The molecule has 3 heterocycles. The van der Waals surface area contributed by atoms with Gasteiger partial charge in [-0.15, -0.1) is 0 Å². The van der Waals surface area contributed by atoms with Gasteiger partial charge in [-0.3, -0.25) is 4.98 Å². The van der Waals surface area contributed by atoms with Gasteiger partial charge < -0.3 is 20.4 Å². The van der Waals surface area contributed by atoms with Crippen LogP contribution in [0, 0.1) is 0 Å². The molecule has 0 aliphatic rings. The number of pyridine rings is 1. The predicted molar refractivity (Wildman–Crippen MR) is 133 cm³/mol. The fourth-order valence-corrected chi connectivity index (χ4v) is 3.55. The zero-order valence-corrected chi connectivity index (χ0v) is 18.2. The summed E-state index contributed by atoms with van der Waals surface area (Å²) < 4.78 is 5.88. The molecule has 0 bridgehead atoms. The Hall–Kier alpha value is -4.72. The van der Waals surface area contributed by atoms with Crippen LogP contribution >= 0.6 is 0 Å². The lowest BCUT2D eigenvalue weighted by atomic mass is 10.1. The lowest BCUT2D eigenvalue weighted by Crippen LogP contribution is -2.19. The van der Waals surface area contributed by atoms with Gasteiger partial charge in [-0.2, -0.15) is 0 Å². The summed E-state index contributed by atoms with van der Waals surface area (Å²) in [5.41, 5.74) is 4.08. The molecule has 0 saturated carbocycles. The van der Waals surface area contributed by atoms with E-state index in [4.69, 9.17) is 4.42 Å². The maximum atomic E-state index is 12.1. The fourth-order valence-electron chi connectivity index (χ4n) is 3.55. The summed E-state index contributed by atoms with van der Waals surface area (Å²) in [7, 11) is 0. The molecule has 3 N–H and O–H groups in total. The largest absolute Gasteiger partial charge is 0.438 e. The van der Waals surface area contributed by atoms with Crippen molar-refractivity contribution in [3.05, 3.63) is 97.1 Å². The van der Waals surface area contributed by atoms with E-state index in [0.717, 1.165) is 45.9 Å². The SMILES string of the molecule is O=C(Nc1ccccc1)Nc1ccc(CCNc2ncnc3oc(-c4ccncc4)cc23)cc1. The third-order valence-corrected chi connectivity index (χ3v) is 5.24. The fraction of sp³-hybridized carbons (Fsp3) is 0.0769. The second-order valence-corrected chi connectivity index (χ2v) is 7.61. The van der Waals surface area contributed by atoms with Crippen molar-refractivity contribution < 1.29 is 9.21 Å². The Morgan fingerprint density at radius 2 is 1.59 bits per heavy atom. The summed E-state index contributed by atoms with van der Waals surface area (Å²) in [6.07, 6.45) is 5.73. The predicted octanol–water partition coefficient (Wildman–Crippen LogP) is 5.58. The van der Waals surface area contributed by atoms with Gasteiger partial charge in [0.2, 0.25) is 5.71 Å². The average molecular weight is 451 g/mol. The number of nitrogens with zero attached hydrogens (tertiary/aromatic N) is 3. The Balaban J connectivity index is 1.17. The molecule has 0 unspecified atom stereocenters. The summed E-state index contributed by atoms with van der Waals surface area (Å²) in [4.78, 5) is 24.8. The van der Waals surface area contributed by atoms with Crippen LogP contribution < -0.4 is 16.0 Å². The van der Waals surface area contributed by atoms with Crippen LogP contribution in [0.1, 0.15) is 5.56 Å². The van der Waals surface area contributed by atoms with E-state index in [2.05, 4.69) is 30.9 Å². The number of carbonyl (C=O) groups is 1. The molecule has 0 atom stereocenters. The number of nitrogens with one attached hydrogen (secondary N) is 3. The van der Waals surface area contributed by atoms with Gasteiger partial charge in [0.25, 0.3) is 0 Å². The van der Waals surface area contributed by atoms with Gasteiger partial charge in [-0.05, 0) is 54.4 Å². The van der Waals surface area contributed by atoms with Crippen molar-refractivity contribution in [2.24, 2.45) is 0 Å². The molecule has 0 spiro atoms. The third kappa shape index (κ3) is 5.02. The number of amides is 2. The van der Waals surface area contributed by atoms with Gasteiger partial charge in [0.15, 0.2) is 0 Å². The van der Waals surface area contributed by atoms with Crippen LogP contribution in [-0.2, 0) is 6.42 Å². The van der Waals surface area contributed by atoms with Crippen LogP contribution in [-0.4, -0.2) is 27.5 Å². The van der Waals surface area contributed by atoms with Gasteiger partial charge in [-0.25, -0.2) is 14.8 Å². The van der Waals surface area contributed by atoms with Gasteiger partial charge in [0.1, 0.15) is 17.9 Å². The lowest BCUT2D eigenvalue weighted by molar-refractivity contribution is 0.262. The minimum atomic E-state index is -0.278. The number of aromatic nitrogens is 3. The number of hydrogen-bond donors (Lipinski definition) is 3. The van der Waals surface area contributed by atoms with E-state index in [0.29, 0.717) is 12.3 Å². The van der Waals surface area contributed by atoms with Crippen molar-refractivity contribution in [3.8, 4) is 11.3 Å². The van der Waals surface area contributed by atoms with Crippen molar-refractivity contribution in [2.45, 2.75) is 6.42 Å². The summed E-state index contributed by atoms with van der Waals surface area (Å²) in [5, 5.41) is 9.84. The monoisotopic (exact) mass is 450 g/mol. The molecule has 8 heteroatoms. The van der Waals surface area contributed by atoms with Gasteiger partial charge in [0, 0.05) is 35.9 Å². The first-order valence-electron chi connectivity index (χ1n) is 10.9. The summed E-state index contributed by atoms with van der Waals surface area (Å²) in [6, 6.07) is 22.5. The van der Waals surface area contributed by atoms with Crippen molar-refractivity contribution in [2.75, 3.05) is 22.5 Å². The number of benzene rings is 2. The highest BCUT2D eigenvalue weighted by atomic mass is 16.3. The molecule has 5 rings (SSSR count). The highest BCUT2D eigenvalue weighted by Crippen LogP contribution is 2.29. The molecule has 2 aromatic carbocycles. The van der Waals surface area contributed by atoms with Crippen molar-refractivity contribution in [1.29, 1.82) is 0 Å². The Morgan fingerprint density at radius 1 is 0.853 bits per heavy atom. The lowest BCUT2D eigenvalue weighted by Gasteiger charge is -2.09. The third-order valence-electron chi connectivity index (χ3n) is 5.24. The molecular formula is C26H22N6O2. The second kappa shape index (κ2) is 9.83. The molecule has 0 radical (unpaired) electrons. The van der Waals surface area contributed by atoms with Crippen molar-refractivity contribution in [1.82, 2.24) is 15.0 Å². The number of furan rings is 1. The summed E-state index contributed by atoms with van der Waals surface area (Å²) in [5.74, 6) is 1.45. The Morgan fingerprint density at radius 3 is 2.35 bits per heavy atom. The number of anilines is 3. The van der Waals surface area contributed by atoms with Crippen LogP contribution in [0.5, 0.6) is 0 Å². The van der Waals surface area contributed by atoms with E-state index in [-0.39, 0.29) is 6.03 Å². The van der Waals surface area contributed by atoms with E-state index < -0.39 is 0 Å². The number of urea groups is 1. The summed E-state index contributed by atoms with van der Waals surface area (Å²) in [6.45, 7) is 0.684. The standard InChI is InChI=1S/C26H22N6O2/c33-26(31-20-4-2-1-3-5-20)32-21-8-6-18(7-9-21)10-15-28-24-22-16-23(19-11-13-27-14-12-19)34-25(22)30-17-29-24/h1-9,11-14,16-17H,10,15H2,(H,28,29,30)(H2,31,32,33). The molecule has 3 aromatic heterocycles. The van der Waals surface area contributed by atoms with E-state index in [1.165, 1.54) is 6.33 Å². The van der Waals surface area contributed by atoms with Crippen LogP contribution in [0.4, 0.5) is 22.0 Å². The molecule has 0 aliphatic heterocycles. The Kier molecular flexibility index (Phi) is 6.11. The van der Waals surface area contributed by atoms with Crippen molar-refractivity contribution >= 4 is 34.3 Å². The van der Waals surface area contributed by atoms with Crippen LogP contribution in [0.2, 0.25) is 0 Å². The molecule has 5 aromatic rings. The average Bonchev–Trinajstić information content (AvgIpc) is 3.32. The van der Waals surface area contributed by atoms with E-state index in [1.807, 2.05) is 72.8 Å². The Labute approximate surface area is 196 Å².